The molecule has 0 spiro atoms. The average Bonchev–Trinajstić information content (AvgIpc) is 2.72. The predicted octanol–water partition coefficient (Wildman–Crippen LogP) is 1.02. The Balaban J connectivity index is 1.84. The van der Waals surface area contributed by atoms with Crippen LogP contribution in [0.15, 0.2) is 18.2 Å². The summed E-state index contributed by atoms with van der Waals surface area (Å²) < 4.78 is 49.0. The van der Waals surface area contributed by atoms with E-state index >= 15 is 0 Å². The van der Waals surface area contributed by atoms with Gasteiger partial charge in [-0.25, -0.2) is 17.2 Å². The second-order valence-electron chi connectivity index (χ2n) is 5.11. The van der Waals surface area contributed by atoms with Gasteiger partial charge in [0.05, 0.1) is 17.6 Å². The van der Waals surface area contributed by atoms with Gasteiger partial charge < -0.3 is 10.4 Å². The van der Waals surface area contributed by atoms with Crippen molar-refractivity contribution in [1.82, 2.24) is 5.32 Å². The summed E-state index contributed by atoms with van der Waals surface area (Å²) in [7, 11) is -2.92. The highest BCUT2D eigenvalue weighted by Gasteiger charge is 2.27. The molecule has 2 atom stereocenters. The lowest BCUT2D eigenvalue weighted by Crippen LogP contribution is -2.28. The second-order valence-corrected chi connectivity index (χ2v) is 7.34. The average molecular weight is 305 g/mol. The third-order valence-electron chi connectivity index (χ3n) is 3.41. The van der Waals surface area contributed by atoms with Crippen LogP contribution < -0.4 is 5.32 Å². The van der Waals surface area contributed by atoms with E-state index in [1.807, 2.05) is 0 Å². The highest BCUT2D eigenvalue weighted by Crippen LogP contribution is 2.19. The fraction of sp³-hybridized carbons (Fsp3) is 0.538. The van der Waals surface area contributed by atoms with Crippen LogP contribution in [0, 0.1) is 17.6 Å². The summed E-state index contributed by atoms with van der Waals surface area (Å²) in [6.45, 7) is 0.490. The first-order valence-electron chi connectivity index (χ1n) is 6.41. The molecule has 1 saturated heterocycles. The van der Waals surface area contributed by atoms with Crippen molar-refractivity contribution in [1.29, 1.82) is 0 Å². The van der Waals surface area contributed by atoms with E-state index < -0.39 is 27.6 Å². The number of nitrogens with one attached hydrogen (secondary N) is 1. The summed E-state index contributed by atoms with van der Waals surface area (Å²) in [4.78, 5) is 0. The first-order chi connectivity index (χ1) is 9.37. The van der Waals surface area contributed by atoms with Gasteiger partial charge in [-0.15, -0.1) is 0 Å². The lowest BCUT2D eigenvalue weighted by molar-refractivity contribution is 0.168. The van der Waals surface area contributed by atoms with E-state index in [9.17, 15) is 22.3 Å². The van der Waals surface area contributed by atoms with Gasteiger partial charge in [-0.3, -0.25) is 0 Å². The van der Waals surface area contributed by atoms with Crippen molar-refractivity contribution in [3.8, 4) is 0 Å². The first-order valence-corrected chi connectivity index (χ1v) is 8.24. The van der Waals surface area contributed by atoms with Crippen LogP contribution in [-0.2, 0) is 9.84 Å². The van der Waals surface area contributed by atoms with E-state index in [0.717, 1.165) is 18.2 Å². The molecule has 0 aromatic heterocycles. The summed E-state index contributed by atoms with van der Waals surface area (Å²) >= 11 is 0. The molecular weight excluding hydrogens is 288 g/mol. The van der Waals surface area contributed by atoms with E-state index in [4.69, 9.17) is 0 Å². The van der Waals surface area contributed by atoms with Gasteiger partial charge in [0.15, 0.2) is 9.84 Å². The Hall–Kier alpha value is -1.05. The zero-order valence-electron chi connectivity index (χ0n) is 10.9. The van der Waals surface area contributed by atoms with Gasteiger partial charge in [-0.05, 0) is 37.1 Å². The third-order valence-corrected chi connectivity index (χ3v) is 5.25. The number of aliphatic hydroxyl groups is 1. The molecule has 112 valence electrons. The molecule has 2 rings (SSSR count). The van der Waals surface area contributed by atoms with E-state index in [2.05, 4.69) is 5.32 Å². The minimum Gasteiger partial charge on any atom is -0.387 e. The summed E-state index contributed by atoms with van der Waals surface area (Å²) in [6, 6.07) is 2.92. The SMILES string of the molecule is O=S1(=O)CCC(CNCC(O)c2cc(F)ccc2F)C1. The molecule has 7 heteroatoms. The van der Waals surface area contributed by atoms with Gasteiger partial charge in [0.1, 0.15) is 11.6 Å². The molecule has 0 radical (unpaired) electrons. The number of rotatable bonds is 5. The molecule has 0 bridgehead atoms. The molecule has 1 aliphatic heterocycles. The summed E-state index contributed by atoms with van der Waals surface area (Å²) in [5, 5.41) is 12.7. The molecule has 0 amide bonds. The molecule has 1 fully saturated rings. The topological polar surface area (TPSA) is 66.4 Å². The van der Waals surface area contributed by atoms with Crippen molar-refractivity contribution in [2.24, 2.45) is 5.92 Å². The molecule has 0 saturated carbocycles. The summed E-state index contributed by atoms with van der Waals surface area (Å²) in [5.74, 6) is -0.916. The fourth-order valence-electron chi connectivity index (χ4n) is 2.34. The van der Waals surface area contributed by atoms with Crippen molar-refractivity contribution in [3.05, 3.63) is 35.4 Å². The Labute approximate surface area is 116 Å². The van der Waals surface area contributed by atoms with Crippen LogP contribution in [0.4, 0.5) is 8.78 Å². The zero-order valence-corrected chi connectivity index (χ0v) is 11.7. The van der Waals surface area contributed by atoms with Gasteiger partial charge in [-0.1, -0.05) is 0 Å². The summed E-state index contributed by atoms with van der Waals surface area (Å²) in [5.41, 5.74) is -0.100. The maximum atomic E-state index is 13.4. The van der Waals surface area contributed by atoms with E-state index in [1.165, 1.54) is 0 Å². The molecule has 2 N–H and O–H groups in total. The molecular formula is C13H17F2NO3S. The van der Waals surface area contributed by atoms with Crippen LogP contribution in [0.3, 0.4) is 0 Å². The Kier molecular flexibility index (Phi) is 4.72. The van der Waals surface area contributed by atoms with Crippen molar-refractivity contribution in [2.75, 3.05) is 24.6 Å². The zero-order chi connectivity index (χ0) is 14.8. The Morgan fingerprint density at radius 2 is 2.15 bits per heavy atom. The van der Waals surface area contributed by atoms with E-state index in [0.29, 0.717) is 13.0 Å². The number of halogens is 2. The molecule has 4 nitrogen and oxygen atoms in total. The van der Waals surface area contributed by atoms with Crippen LogP contribution in [-0.4, -0.2) is 38.1 Å². The Bertz CT molecular complexity index is 577. The summed E-state index contributed by atoms with van der Waals surface area (Å²) in [6.07, 6.45) is -0.566. The number of sulfone groups is 1. The maximum absolute atomic E-state index is 13.4. The van der Waals surface area contributed by atoms with Crippen molar-refractivity contribution in [3.63, 3.8) is 0 Å². The van der Waals surface area contributed by atoms with Crippen molar-refractivity contribution < 1.29 is 22.3 Å². The number of benzene rings is 1. The highest BCUT2D eigenvalue weighted by molar-refractivity contribution is 7.91. The smallest absolute Gasteiger partial charge is 0.150 e. The number of hydrogen-bond donors (Lipinski definition) is 2. The number of aliphatic hydroxyl groups excluding tert-OH is 1. The molecule has 1 aliphatic rings. The third kappa shape index (κ3) is 3.97. The first kappa shape index (κ1) is 15.3. The Morgan fingerprint density at radius 1 is 1.40 bits per heavy atom. The van der Waals surface area contributed by atoms with Crippen LogP contribution in [0.2, 0.25) is 0 Å². The van der Waals surface area contributed by atoms with Crippen LogP contribution in [0.1, 0.15) is 18.1 Å². The van der Waals surface area contributed by atoms with Crippen LogP contribution in [0.25, 0.3) is 0 Å². The monoisotopic (exact) mass is 305 g/mol. The maximum Gasteiger partial charge on any atom is 0.150 e. The van der Waals surface area contributed by atoms with Crippen molar-refractivity contribution in [2.45, 2.75) is 12.5 Å². The van der Waals surface area contributed by atoms with Crippen LogP contribution in [0.5, 0.6) is 0 Å². The van der Waals surface area contributed by atoms with Gasteiger partial charge in [0.25, 0.3) is 0 Å². The predicted molar refractivity (Wildman–Crippen MR) is 70.9 cm³/mol. The fourth-order valence-corrected chi connectivity index (χ4v) is 4.20. The molecule has 0 aliphatic carbocycles. The van der Waals surface area contributed by atoms with Gasteiger partial charge >= 0.3 is 0 Å². The largest absolute Gasteiger partial charge is 0.387 e. The highest BCUT2D eigenvalue weighted by atomic mass is 32.2. The molecule has 20 heavy (non-hydrogen) atoms. The molecule has 1 aromatic carbocycles. The minimum atomic E-state index is -2.92. The standard InChI is InChI=1S/C13H17F2NO3S/c14-10-1-2-12(15)11(5-10)13(17)7-16-6-9-3-4-20(18,19)8-9/h1-2,5,9,13,16-17H,3-4,6-8H2. The molecule has 2 unspecified atom stereocenters. The number of hydrogen-bond acceptors (Lipinski definition) is 4. The van der Waals surface area contributed by atoms with Crippen LogP contribution >= 0.6 is 0 Å². The van der Waals surface area contributed by atoms with Crippen molar-refractivity contribution >= 4 is 9.84 Å². The molecule has 1 heterocycles. The minimum absolute atomic E-state index is 0.0181. The second kappa shape index (κ2) is 6.15. The lowest BCUT2D eigenvalue weighted by atomic mass is 10.1. The Morgan fingerprint density at radius 3 is 2.80 bits per heavy atom. The normalized spacial score (nSPS) is 22.9. The quantitative estimate of drug-likeness (QED) is 0.852. The lowest BCUT2D eigenvalue weighted by Gasteiger charge is -2.15. The molecule has 1 aromatic rings. The van der Waals surface area contributed by atoms with Gasteiger partial charge in [0.2, 0.25) is 0 Å². The van der Waals surface area contributed by atoms with Gasteiger partial charge in [-0.2, -0.15) is 0 Å². The van der Waals surface area contributed by atoms with Gasteiger partial charge in [0, 0.05) is 12.1 Å². The van der Waals surface area contributed by atoms with E-state index in [1.54, 1.807) is 0 Å². The van der Waals surface area contributed by atoms with E-state index in [-0.39, 0.29) is 29.5 Å².